The van der Waals surface area contributed by atoms with Crippen molar-refractivity contribution >= 4 is 12.4 Å². The van der Waals surface area contributed by atoms with Crippen molar-refractivity contribution in [1.29, 1.82) is 0 Å². The minimum absolute atomic E-state index is 0.417. The summed E-state index contributed by atoms with van der Waals surface area (Å²) in [6.45, 7) is 2.50. The van der Waals surface area contributed by atoms with E-state index in [-0.39, 0.29) is 0 Å². The van der Waals surface area contributed by atoms with Crippen LogP contribution in [0.3, 0.4) is 0 Å². The molecule has 0 amide bonds. The lowest BCUT2D eigenvalue weighted by atomic mass is 9.95. The number of aliphatic hydroxyl groups is 4. The maximum Gasteiger partial charge on any atom is 0.183 e. The Morgan fingerprint density at radius 1 is 0.793 bits per heavy atom. The van der Waals surface area contributed by atoms with Crippen molar-refractivity contribution in [2.45, 2.75) is 75.1 Å². The number of hydrogen-bond acceptors (Lipinski definition) is 11. The molecule has 0 aromatic carbocycles. The number of methoxy groups -OCH3 is 2. The maximum atomic E-state index is 10.9. The van der Waals surface area contributed by atoms with E-state index in [0.29, 0.717) is 0 Å². The Morgan fingerprint density at radius 2 is 1.28 bits per heavy atom. The van der Waals surface area contributed by atoms with Gasteiger partial charge in [-0.05, 0) is 26.3 Å². The lowest BCUT2D eigenvalue weighted by Crippen LogP contribution is -2.64. The minimum atomic E-state index is -1.19. The number of ether oxygens (including phenoxy) is 5. The molecule has 10 atom stereocenters. The van der Waals surface area contributed by atoms with E-state index in [1.807, 2.05) is 0 Å². The van der Waals surface area contributed by atoms with Crippen LogP contribution in [0.1, 0.15) is 13.8 Å². The smallest absolute Gasteiger partial charge is 0.183 e. The predicted octanol–water partition coefficient (Wildman–Crippen LogP) is -1.89. The van der Waals surface area contributed by atoms with Crippen molar-refractivity contribution in [3.05, 3.63) is 0 Å². The highest BCUT2D eigenvalue weighted by Crippen LogP contribution is 2.32. The number of nitrogens with zero attached hydrogens (tertiary/aromatic N) is 2. The summed E-state index contributed by atoms with van der Waals surface area (Å²) in [5, 5.41) is 40.9. The second kappa shape index (κ2) is 11.4. The highest BCUT2D eigenvalue weighted by Gasteiger charge is 2.51. The van der Waals surface area contributed by atoms with Gasteiger partial charge in [0.15, 0.2) is 12.6 Å². The average molecular weight is 420 g/mol. The molecule has 2 aliphatic heterocycles. The van der Waals surface area contributed by atoms with Crippen molar-refractivity contribution in [1.82, 2.24) is 0 Å². The van der Waals surface area contributed by atoms with E-state index in [2.05, 4.69) is 9.98 Å². The normalized spacial score (nSPS) is 44.0. The van der Waals surface area contributed by atoms with Crippen molar-refractivity contribution in [2.24, 2.45) is 9.98 Å². The first-order chi connectivity index (χ1) is 14.0. The maximum absolute atomic E-state index is 10.9. The third kappa shape index (κ3) is 5.19. The first-order valence-corrected chi connectivity index (χ1v) is 9.52. The number of rotatable bonds is 8. The van der Waals surface area contributed by atoms with Crippen LogP contribution in [0, 0.1) is 0 Å². The summed E-state index contributed by atoms with van der Waals surface area (Å²) >= 11 is 0. The second-order valence-corrected chi connectivity index (χ2v) is 6.76. The fourth-order valence-electron chi connectivity index (χ4n) is 3.69. The summed E-state index contributed by atoms with van der Waals surface area (Å²) in [6.07, 6.45) is -4.99. The molecule has 2 unspecified atom stereocenters. The Bertz CT molecular complexity index is 549. The molecule has 0 bridgehead atoms. The fourth-order valence-corrected chi connectivity index (χ4v) is 3.69. The van der Waals surface area contributed by atoms with Gasteiger partial charge in [-0.25, -0.2) is 0 Å². The third-order valence-corrected chi connectivity index (χ3v) is 5.08. The van der Waals surface area contributed by atoms with E-state index >= 15 is 0 Å². The lowest BCUT2D eigenvalue weighted by Gasteiger charge is -2.46. The highest BCUT2D eigenvalue weighted by atomic mass is 16.7. The molecule has 0 aromatic rings. The topological polar surface area (TPSA) is 152 Å². The highest BCUT2D eigenvalue weighted by molar-refractivity contribution is 5.54. The average Bonchev–Trinajstić information content (AvgIpc) is 2.73. The zero-order valence-electron chi connectivity index (χ0n) is 17.1. The van der Waals surface area contributed by atoms with Crippen LogP contribution in [0.15, 0.2) is 9.98 Å². The monoisotopic (exact) mass is 420 g/mol. The van der Waals surface area contributed by atoms with Crippen molar-refractivity contribution in [3.63, 3.8) is 0 Å². The van der Waals surface area contributed by atoms with Gasteiger partial charge < -0.3 is 44.1 Å². The molecule has 11 nitrogen and oxygen atoms in total. The van der Waals surface area contributed by atoms with Crippen LogP contribution >= 0.6 is 0 Å². The molecule has 2 fully saturated rings. The predicted molar refractivity (Wildman–Crippen MR) is 102 cm³/mol. The molecule has 2 aliphatic rings. The Morgan fingerprint density at radius 3 is 1.76 bits per heavy atom. The van der Waals surface area contributed by atoms with E-state index in [0.717, 1.165) is 0 Å². The molecule has 4 N–H and O–H groups in total. The molecule has 29 heavy (non-hydrogen) atoms. The van der Waals surface area contributed by atoms with Crippen LogP contribution in [0.5, 0.6) is 0 Å². The standard InChI is InChI=1S/C18H32N2O9/c1-5-19-11-14(24)16(10(8-22)27-17(11)26-4)29-18-12(20-6-2)13(23)15(25-3)9(7-21)28-18/h5-6,9-18,21-24H,7-8H2,1-4H3/b19-5+,20-6+/t9?,10?,11-,12-,13+,14+,15+,16+,17+,18-/m0/s1. The van der Waals surface area contributed by atoms with Gasteiger partial charge in [0.25, 0.3) is 0 Å². The van der Waals surface area contributed by atoms with Crippen LogP contribution < -0.4 is 0 Å². The van der Waals surface area contributed by atoms with Crippen molar-refractivity contribution in [2.75, 3.05) is 27.4 Å². The Hall–Kier alpha value is -1.02. The molecule has 2 rings (SSSR count). The second-order valence-electron chi connectivity index (χ2n) is 6.76. The summed E-state index contributed by atoms with van der Waals surface area (Å²) in [6, 6.07) is -1.67. The van der Waals surface area contributed by atoms with Gasteiger partial charge in [-0.3, -0.25) is 9.98 Å². The zero-order chi connectivity index (χ0) is 21.6. The molecule has 2 heterocycles. The molecule has 0 aliphatic carbocycles. The molecular weight excluding hydrogens is 388 g/mol. The largest absolute Gasteiger partial charge is 0.394 e. The van der Waals surface area contributed by atoms with E-state index in [1.165, 1.54) is 26.6 Å². The molecule has 0 saturated carbocycles. The molecule has 0 spiro atoms. The van der Waals surface area contributed by atoms with Crippen molar-refractivity contribution < 1.29 is 44.1 Å². The first-order valence-electron chi connectivity index (χ1n) is 9.52. The Labute approximate surface area is 169 Å². The summed E-state index contributed by atoms with van der Waals surface area (Å²) in [4.78, 5) is 8.40. The fraction of sp³-hybridized carbons (Fsp3) is 0.889. The quantitative estimate of drug-likeness (QED) is 0.330. The van der Waals surface area contributed by atoms with Gasteiger partial charge in [-0.1, -0.05) is 0 Å². The van der Waals surface area contributed by atoms with Crippen molar-refractivity contribution in [3.8, 4) is 0 Å². The van der Waals surface area contributed by atoms with Crippen LogP contribution in [-0.2, 0) is 23.7 Å². The van der Waals surface area contributed by atoms with E-state index in [1.54, 1.807) is 13.8 Å². The van der Waals surface area contributed by atoms with Gasteiger partial charge in [0.2, 0.25) is 0 Å². The van der Waals surface area contributed by atoms with Gasteiger partial charge in [0.1, 0.15) is 48.7 Å². The first kappa shape index (κ1) is 24.3. The number of aliphatic imine (C=N–C) groups is 2. The van der Waals surface area contributed by atoms with Crippen LogP contribution in [0.2, 0.25) is 0 Å². The Balaban J connectivity index is 2.29. The van der Waals surface area contributed by atoms with Gasteiger partial charge in [-0.2, -0.15) is 0 Å². The summed E-state index contributed by atoms with van der Waals surface area (Å²) in [5.74, 6) is 0. The minimum Gasteiger partial charge on any atom is -0.394 e. The van der Waals surface area contributed by atoms with E-state index in [9.17, 15) is 20.4 Å². The summed E-state index contributed by atoms with van der Waals surface area (Å²) < 4.78 is 27.9. The SMILES string of the molecule is C/C=N/[C@@H]1[C@H](O[C@@H]2C(CO)O[C@@H](OC)[C@@H](/N=C/C)[C@H]2O)OC(CO)[C@@H](OC)[C@@H]1O. The van der Waals surface area contributed by atoms with Gasteiger partial charge >= 0.3 is 0 Å². The van der Waals surface area contributed by atoms with Crippen LogP contribution in [0.25, 0.3) is 0 Å². The third-order valence-electron chi connectivity index (χ3n) is 5.08. The lowest BCUT2D eigenvalue weighted by molar-refractivity contribution is -0.327. The molecule has 0 radical (unpaired) electrons. The van der Waals surface area contributed by atoms with Crippen LogP contribution in [0.4, 0.5) is 0 Å². The molecule has 11 heteroatoms. The van der Waals surface area contributed by atoms with Gasteiger partial charge in [-0.15, -0.1) is 0 Å². The summed E-state index contributed by atoms with van der Waals surface area (Å²) in [5.41, 5.74) is 0. The van der Waals surface area contributed by atoms with Gasteiger partial charge in [0, 0.05) is 14.2 Å². The van der Waals surface area contributed by atoms with Crippen LogP contribution in [-0.4, -0.2) is 122 Å². The van der Waals surface area contributed by atoms with Gasteiger partial charge in [0.05, 0.1) is 13.2 Å². The van der Waals surface area contributed by atoms with E-state index in [4.69, 9.17) is 23.7 Å². The zero-order valence-corrected chi connectivity index (χ0v) is 17.1. The number of hydrogen-bond donors (Lipinski definition) is 4. The molecular formula is C18H32N2O9. The van der Waals surface area contributed by atoms with E-state index < -0.39 is 74.5 Å². The molecule has 0 aromatic heterocycles. The molecule has 2 saturated heterocycles. The summed E-state index contributed by atoms with van der Waals surface area (Å²) in [7, 11) is 2.81. The molecule has 168 valence electrons. The number of aliphatic hydroxyl groups excluding tert-OH is 4. The Kier molecular flexibility index (Phi) is 9.53.